The van der Waals surface area contributed by atoms with Gasteiger partial charge in [0.2, 0.25) is 0 Å². The number of ether oxygens (including phenoxy) is 1. The molecule has 2 nitrogen and oxygen atoms in total. The predicted molar refractivity (Wildman–Crippen MR) is 60.3 cm³/mol. The average molecular weight is 284 g/mol. The van der Waals surface area contributed by atoms with Crippen molar-refractivity contribution < 1.29 is 73.9 Å². The van der Waals surface area contributed by atoms with Gasteiger partial charge in [0.15, 0.2) is 0 Å². The molecule has 1 aromatic carbocycles. The van der Waals surface area contributed by atoms with E-state index in [9.17, 15) is 17.7 Å². The van der Waals surface area contributed by atoms with Crippen molar-refractivity contribution >= 4 is 18.4 Å². The second-order valence-corrected chi connectivity index (χ2v) is 4.70. The smallest absolute Gasteiger partial charge is 0.456 e. The van der Waals surface area contributed by atoms with Gasteiger partial charge in [-0.2, -0.15) is 0 Å². The van der Waals surface area contributed by atoms with Crippen LogP contribution in [0.25, 0.3) is 0 Å². The van der Waals surface area contributed by atoms with Crippen LogP contribution in [-0.2, 0) is 4.74 Å². The summed E-state index contributed by atoms with van der Waals surface area (Å²) >= 11 is 0. The van der Waals surface area contributed by atoms with Gasteiger partial charge in [-0.25, -0.2) is 4.79 Å². The van der Waals surface area contributed by atoms with Crippen molar-refractivity contribution in [3.8, 4) is 0 Å². The molecule has 0 aliphatic heterocycles. The Morgan fingerprint density at radius 2 is 1.56 bits per heavy atom. The summed E-state index contributed by atoms with van der Waals surface area (Å²) in [5, 5.41) is 0. The summed E-state index contributed by atoms with van der Waals surface area (Å²) in [6.45, 7) is 0.0542. The standard InChI is InChI=1S/C11H13BF3O2.K/c1-11(2,3)17-10(16)8-4-6-9(7-5-8)12(13,14)15;/h4-7H,1-3H3;/q-1;+1. The molecule has 1 aromatic rings. The zero-order valence-corrected chi connectivity index (χ0v) is 14.0. The van der Waals surface area contributed by atoms with Crippen LogP contribution in [0.3, 0.4) is 0 Å². The molecule has 0 saturated heterocycles. The number of halogens is 3. The Balaban J connectivity index is 0.00000289. The molecule has 0 amide bonds. The average Bonchev–Trinajstić information content (AvgIpc) is 2.14. The predicted octanol–water partition coefficient (Wildman–Crippen LogP) is -0.300. The SMILES string of the molecule is CC(C)(C)OC(=O)c1ccc([B-](F)(F)F)cc1.[K+]. The Morgan fingerprint density at radius 1 is 1.11 bits per heavy atom. The van der Waals surface area contributed by atoms with Gasteiger partial charge in [0.1, 0.15) is 5.60 Å². The summed E-state index contributed by atoms with van der Waals surface area (Å²) in [4.78, 5) is 11.5. The zero-order valence-electron chi connectivity index (χ0n) is 10.8. The minimum atomic E-state index is -5.02. The molecule has 7 heteroatoms. The van der Waals surface area contributed by atoms with Crippen LogP contribution in [0.1, 0.15) is 31.1 Å². The zero-order chi connectivity index (χ0) is 13.3. The van der Waals surface area contributed by atoms with Crippen molar-refractivity contribution in [2.45, 2.75) is 26.4 Å². The number of benzene rings is 1. The molecule has 0 bridgehead atoms. The molecular formula is C11H13BF3KO2. The fourth-order valence-corrected chi connectivity index (χ4v) is 1.17. The van der Waals surface area contributed by atoms with E-state index < -0.39 is 24.0 Å². The van der Waals surface area contributed by atoms with Crippen molar-refractivity contribution in [1.82, 2.24) is 0 Å². The van der Waals surface area contributed by atoms with Crippen molar-refractivity contribution in [3.05, 3.63) is 29.8 Å². The van der Waals surface area contributed by atoms with E-state index in [-0.39, 0.29) is 56.9 Å². The quantitative estimate of drug-likeness (QED) is 0.550. The van der Waals surface area contributed by atoms with Crippen LogP contribution in [0, 0.1) is 0 Å². The van der Waals surface area contributed by atoms with Crippen molar-refractivity contribution in [1.29, 1.82) is 0 Å². The fraction of sp³-hybridized carbons (Fsp3) is 0.364. The minimum Gasteiger partial charge on any atom is -0.456 e. The van der Waals surface area contributed by atoms with E-state index in [1.165, 1.54) is 0 Å². The minimum absolute atomic E-state index is 0. The summed E-state index contributed by atoms with van der Waals surface area (Å²) in [5.74, 6) is -0.626. The van der Waals surface area contributed by atoms with E-state index in [0.717, 1.165) is 24.3 Å². The van der Waals surface area contributed by atoms with Crippen LogP contribution in [0.15, 0.2) is 24.3 Å². The first-order chi connectivity index (χ1) is 7.59. The van der Waals surface area contributed by atoms with E-state index in [1.54, 1.807) is 20.8 Å². The number of hydrogen-bond acceptors (Lipinski definition) is 2. The molecular weight excluding hydrogens is 271 g/mol. The van der Waals surface area contributed by atoms with Gasteiger partial charge in [0, 0.05) is 0 Å². The Labute approximate surface area is 147 Å². The van der Waals surface area contributed by atoms with Crippen LogP contribution in [0.2, 0.25) is 0 Å². The van der Waals surface area contributed by atoms with E-state index in [1.807, 2.05) is 0 Å². The first-order valence-corrected chi connectivity index (χ1v) is 5.13. The Kier molecular flexibility index (Phi) is 6.63. The number of carbonyl (C=O) groups is 1. The summed E-state index contributed by atoms with van der Waals surface area (Å²) in [5.41, 5.74) is -1.27. The molecule has 0 unspecified atom stereocenters. The molecule has 0 aliphatic carbocycles. The monoisotopic (exact) mass is 284 g/mol. The third-order valence-electron chi connectivity index (χ3n) is 1.92. The van der Waals surface area contributed by atoms with Crippen molar-refractivity contribution in [3.63, 3.8) is 0 Å². The summed E-state index contributed by atoms with van der Waals surface area (Å²) in [7, 11) is 0. The Bertz CT molecular complexity index is 410. The van der Waals surface area contributed by atoms with E-state index >= 15 is 0 Å². The molecule has 0 fully saturated rings. The number of hydrogen-bond donors (Lipinski definition) is 0. The van der Waals surface area contributed by atoms with Crippen molar-refractivity contribution in [2.75, 3.05) is 0 Å². The molecule has 1 rings (SSSR count). The van der Waals surface area contributed by atoms with Crippen LogP contribution in [-0.4, -0.2) is 18.5 Å². The van der Waals surface area contributed by atoms with Gasteiger partial charge in [0.05, 0.1) is 5.56 Å². The maximum Gasteiger partial charge on any atom is 1.00 e. The third-order valence-corrected chi connectivity index (χ3v) is 1.92. The van der Waals surface area contributed by atoms with E-state index in [2.05, 4.69) is 0 Å². The molecule has 94 valence electrons. The molecule has 0 radical (unpaired) electrons. The summed E-state index contributed by atoms with van der Waals surface area (Å²) in [6.07, 6.45) is 0. The maximum absolute atomic E-state index is 12.3. The van der Waals surface area contributed by atoms with Crippen LogP contribution >= 0.6 is 0 Å². The maximum atomic E-state index is 12.3. The second-order valence-electron chi connectivity index (χ2n) is 4.70. The number of esters is 1. The summed E-state index contributed by atoms with van der Waals surface area (Å²) < 4.78 is 42.0. The number of rotatable bonds is 2. The largest absolute Gasteiger partial charge is 1.00 e. The van der Waals surface area contributed by atoms with Crippen LogP contribution < -0.4 is 56.8 Å². The van der Waals surface area contributed by atoms with Gasteiger partial charge in [-0.1, -0.05) is 24.3 Å². The Morgan fingerprint density at radius 3 is 1.89 bits per heavy atom. The van der Waals surface area contributed by atoms with Gasteiger partial charge in [-0.05, 0) is 20.8 Å². The first kappa shape index (κ1) is 18.2. The second kappa shape index (κ2) is 6.56. The Hall–Kier alpha value is 0.181. The van der Waals surface area contributed by atoms with Gasteiger partial charge < -0.3 is 17.7 Å². The molecule has 0 atom stereocenters. The first-order valence-electron chi connectivity index (χ1n) is 5.13. The molecule has 0 aromatic heterocycles. The summed E-state index contributed by atoms with van der Waals surface area (Å²) in [6, 6.07) is 4.02. The van der Waals surface area contributed by atoms with Crippen LogP contribution in [0.5, 0.6) is 0 Å². The van der Waals surface area contributed by atoms with Crippen molar-refractivity contribution in [2.24, 2.45) is 0 Å². The van der Waals surface area contributed by atoms with Gasteiger partial charge in [0.25, 0.3) is 0 Å². The molecule has 0 heterocycles. The van der Waals surface area contributed by atoms with Gasteiger partial charge in [-0.3, -0.25) is 0 Å². The normalized spacial score (nSPS) is 11.7. The molecule has 0 spiro atoms. The molecule has 0 aliphatic rings. The van der Waals surface area contributed by atoms with Crippen LogP contribution in [0.4, 0.5) is 12.9 Å². The van der Waals surface area contributed by atoms with Gasteiger partial charge >= 0.3 is 64.3 Å². The molecule has 18 heavy (non-hydrogen) atoms. The molecule has 0 saturated carbocycles. The van der Waals surface area contributed by atoms with Gasteiger partial charge in [-0.15, -0.1) is 5.46 Å². The van der Waals surface area contributed by atoms with E-state index in [4.69, 9.17) is 4.74 Å². The number of carbonyl (C=O) groups excluding carboxylic acids is 1. The fourth-order valence-electron chi connectivity index (χ4n) is 1.17. The molecule has 0 N–H and O–H groups in total. The van der Waals surface area contributed by atoms with E-state index in [0.29, 0.717) is 0 Å². The third kappa shape index (κ3) is 5.88. The topological polar surface area (TPSA) is 26.3 Å².